The molecule has 2 aromatic carbocycles. The Morgan fingerprint density at radius 1 is 1.10 bits per heavy atom. The number of carbonyl (C=O) groups is 2. The molecule has 152 valence electrons. The van der Waals surface area contributed by atoms with Crippen molar-refractivity contribution in [1.82, 2.24) is 20.6 Å². The molecule has 0 saturated carbocycles. The fraction of sp³-hybridized carbons (Fsp3) is 0.136. The van der Waals surface area contributed by atoms with Gasteiger partial charge in [0.05, 0.1) is 12.2 Å². The van der Waals surface area contributed by atoms with Gasteiger partial charge in [0.2, 0.25) is 0 Å². The first-order valence-electron chi connectivity index (χ1n) is 9.42. The Morgan fingerprint density at radius 3 is 2.67 bits per heavy atom. The van der Waals surface area contributed by atoms with Gasteiger partial charge in [-0.05, 0) is 11.6 Å². The zero-order valence-corrected chi connectivity index (χ0v) is 16.8. The summed E-state index contributed by atoms with van der Waals surface area (Å²) in [6, 6.07) is 15.9. The van der Waals surface area contributed by atoms with Crippen LogP contribution in [0.4, 0.5) is 4.79 Å². The van der Waals surface area contributed by atoms with Crippen molar-refractivity contribution in [3.63, 3.8) is 0 Å². The standard InChI is InChI=1S/C22H20N4O3S/c27-21(28)19(10-15-11-23-18-9-5-4-8-17(15)18)26-22(29)24-12-16-13-30-20(25-16)14-6-2-1-3-7-14/h1-9,11,13,19,23H,10,12H2,(H,27,28)(H2,24,26,29)/t19-/m1/s1. The van der Waals surface area contributed by atoms with E-state index in [1.54, 1.807) is 6.20 Å². The SMILES string of the molecule is O=C(NCc1csc(-c2ccccc2)n1)N[C@H](Cc1c[nH]c2ccccc12)C(=O)O. The molecule has 7 nitrogen and oxygen atoms in total. The van der Waals surface area contributed by atoms with E-state index < -0.39 is 18.0 Å². The molecule has 4 rings (SSSR count). The molecule has 0 aliphatic rings. The third kappa shape index (κ3) is 4.49. The molecule has 2 heterocycles. The lowest BCUT2D eigenvalue weighted by Gasteiger charge is -2.14. The van der Waals surface area contributed by atoms with Gasteiger partial charge >= 0.3 is 12.0 Å². The topological polar surface area (TPSA) is 107 Å². The van der Waals surface area contributed by atoms with Gasteiger partial charge in [0, 0.05) is 34.5 Å². The Hall–Kier alpha value is -3.65. The molecule has 0 saturated heterocycles. The number of urea groups is 1. The molecule has 8 heteroatoms. The van der Waals surface area contributed by atoms with Crippen LogP contribution < -0.4 is 10.6 Å². The van der Waals surface area contributed by atoms with Gasteiger partial charge in [-0.1, -0.05) is 48.5 Å². The molecule has 4 N–H and O–H groups in total. The smallest absolute Gasteiger partial charge is 0.326 e. The Labute approximate surface area is 176 Å². The number of rotatable bonds is 7. The third-order valence-corrected chi connectivity index (χ3v) is 5.65. The Morgan fingerprint density at radius 2 is 1.87 bits per heavy atom. The van der Waals surface area contributed by atoms with E-state index in [1.807, 2.05) is 60.0 Å². The van der Waals surface area contributed by atoms with E-state index >= 15 is 0 Å². The number of aromatic amines is 1. The number of benzene rings is 2. The molecule has 2 amide bonds. The highest BCUT2D eigenvalue weighted by Gasteiger charge is 2.22. The number of para-hydroxylation sites is 1. The number of aliphatic carboxylic acids is 1. The van der Waals surface area contributed by atoms with Crippen LogP contribution in [0.1, 0.15) is 11.3 Å². The lowest BCUT2D eigenvalue weighted by molar-refractivity contribution is -0.139. The normalized spacial score (nSPS) is 11.9. The van der Waals surface area contributed by atoms with E-state index in [1.165, 1.54) is 11.3 Å². The highest BCUT2D eigenvalue weighted by atomic mass is 32.1. The Kier molecular flexibility index (Phi) is 5.76. The van der Waals surface area contributed by atoms with E-state index in [0.717, 1.165) is 32.7 Å². The molecule has 0 aliphatic heterocycles. The molecular formula is C22H20N4O3S. The van der Waals surface area contributed by atoms with Crippen molar-refractivity contribution in [3.8, 4) is 10.6 Å². The lowest BCUT2D eigenvalue weighted by atomic mass is 10.1. The summed E-state index contributed by atoms with van der Waals surface area (Å²) in [6.07, 6.45) is 1.96. The Balaban J connectivity index is 1.36. The summed E-state index contributed by atoms with van der Waals surface area (Å²) in [5.41, 5.74) is 3.50. The maximum absolute atomic E-state index is 12.3. The summed E-state index contributed by atoms with van der Waals surface area (Å²) in [5, 5.41) is 18.5. The fourth-order valence-corrected chi connectivity index (χ4v) is 4.03. The largest absolute Gasteiger partial charge is 0.480 e. The second kappa shape index (κ2) is 8.79. The fourth-order valence-electron chi connectivity index (χ4n) is 3.20. The number of thiazole rings is 1. The number of hydrogen-bond acceptors (Lipinski definition) is 4. The minimum absolute atomic E-state index is 0.182. The van der Waals surface area contributed by atoms with Crippen molar-refractivity contribution in [2.24, 2.45) is 0 Å². The average Bonchev–Trinajstić information content (AvgIpc) is 3.40. The van der Waals surface area contributed by atoms with E-state index in [4.69, 9.17) is 0 Å². The van der Waals surface area contributed by atoms with Gasteiger partial charge in [0.25, 0.3) is 0 Å². The lowest BCUT2D eigenvalue weighted by Crippen LogP contribution is -2.46. The van der Waals surface area contributed by atoms with E-state index in [0.29, 0.717) is 0 Å². The van der Waals surface area contributed by atoms with Crippen LogP contribution in [-0.2, 0) is 17.8 Å². The number of carboxylic acid groups (broad SMARTS) is 1. The van der Waals surface area contributed by atoms with Gasteiger partial charge in [0.1, 0.15) is 11.0 Å². The van der Waals surface area contributed by atoms with Crippen LogP contribution in [0.3, 0.4) is 0 Å². The maximum atomic E-state index is 12.3. The van der Waals surface area contributed by atoms with Crippen molar-refractivity contribution in [2.75, 3.05) is 0 Å². The zero-order valence-electron chi connectivity index (χ0n) is 16.0. The summed E-state index contributed by atoms with van der Waals surface area (Å²) in [7, 11) is 0. The molecule has 0 bridgehead atoms. The van der Waals surface area contributed by atoms with Crippen molar-refractivity contribution >= 4 is 34.2 Å². The molecule has 1 atom stereocenters. The average molecular weight is 420 g/mol. The number of fused-ring (bicyclic) bond motifs is 1. The van der Waals surface area contributed by atoms with Crippen LogP contribution >= 0.6 is 11.3 Å². The van der Waals surface area contributed by atoms with Crippen molar-refractivity contribution < 1.29 is 14.7 Å². The number of amides is 2. The van der Waals surface area contributed by atoms with Crippen LogP contribution in [0.25, 0.3) is 21.5 Å². The number of nitrogens with one attached hydrogen (secondary N) is 3. The van der Waals surface area contributed by atoms with Gasteiger partial charge < -0.3 is 20.7 Å². The van der Waals surface area contributed by atoms with Gasteiger partial charge in [-0.2, -0.15) is 0 Å². The first-order chi connectivity index (χ1) is 14.6. The number of aromatic nitrogens is 2. The minimum atomic E-state index is -1.09. The van der Waals surface area contributed by atoms with Crippen LogP contribution in [-0.4, -0.2) is 33.1 Å². The molecule has 30 heavy (non-hydrogen) atoms. The van der Waals surface area contributed by atoms with Crippen molar-refractivity contribution in [1.29, 1.82) is 0 Å². The van der Waals surface area contributed by atoms with Gasteiger partial charge in [-0.3, -0.25) is 0 Å². The summed E-state index contributed by atoms with van der Waals surface area (Å²) in [4.78, 5) is 31.6. The molecule has 0 radical (unpaired) electrons. The van der Waals surface area contributed by atoms with Gasteiger partial charge in [-0.25, -0.2) is 14.6 Å². The van der Waals surface area contributed by atoms with E-state index in [9.17, 15) is 14.7 Å². The number of H-pyrrole nitrogens is 1. The van der Waals surface area contributed by atoms with Gasteiger partial charge in [-0.15, -0.1) is 11.3 Å². The number of carboxylic acids is 1. The summed E-state index contributed by atoms with van der Waals surface area (Å²) in [5.74, 6) is -1.09. The first kappa shape index (κ1) is 19.7. The molecule has 0 unspecified atom stereocenters. The van der Waals surface area contributed by atoms with Crippen LogP contribution in [0.2, 0.25) is 0 Å². The molecular weight excluding hydrogens is 400 g/mol. The zero-order chi connectivity index (χ0) is 20.9. The van der Waals surface area contributed by atoms with E-state index in [-0.39, 0.29) is 13.0 Å². The monoisotopic (exact) mass is 420 g/mol. The number of nitrogens with zero attached hydrogens (tertiary/aromatic N) is 1. The van der Waals surface area contributed by atoms with Crippen molar-refractivity contribution in [3.05, 3.63) is 77.4 Å². The molecule has 0 spiro atoms. The predicted molar refractivity (Wildman–Crippen MR) is 116 cm³/mol. The minimum Gasteiger partial charge on any atom is -0.480 e. The summed E-state index contributed by atoms with van der Waals surface area (Å²) < 4.78 is 0. The van der Waals surface area contributed by atoms with Crippen molar-refractivity contribution in [2.45, 2.75) is 19.0 Å². The first-order valence-corrected chi connectivity index (χ1v) is 10.3. The molecule has 2 aromatic heterocycles. The predicted octanol–water partition coefficient (Wildman–Crippen LogP) is 3.79. The van der Waals surface area contributed by atoms with Crippen LogP contribution in [0, 0.1) is 0 Å². The summed E-state index contributed by atoms with van der Waals surface area (Å²) in [6.45, 7) is 0.217. The number of hydrogen-bond donors (Lipinski definition) is 4. The molecule has 0 aliphatic carbocycles. The van der Waals surface area contributed by atoms with Crippen LogP contribution in [0.15, 0.2) is 66.2 Å². The highest BCUT2D eigenvalue weighted by molar-refractivity contribution is 7.13. The maximum Gasteiger partial charge on any atom is 0.326 e. The van der Waals surface area contributed by atoms with Crippen LogP contribution in [0.5, 0.6) is 0 Å². The Bertz CT molecular complexity index is 1170. The quantitative estimate of drug-likeness (QED) is 0.365. The van der Waals surface area contributed by atoms with E-state index in [2.05, 4.69) is 20.6 Å². The second-order valence-corrected chi connectivity index (χ2v) is 7.65. The highest BCUT2D eigenvalue weighted by Crippen LogP contribution is 2.23. The summed E-state index contributed by atoms with van der Waals surface area (Å²) >= 11 is 1.50. The molecule has 4 aromatic rings. The van der Waals surface area contributed by atoms with Gasteiger partial charge in [0.15, 0.2) is 0 Å². The molecule has 0 fully saturated rings. The number of carbonyl (C=O) groups excluding carboxylic acids is 1. The third-order valence-electron chi connectivity index (χ3n) is 4.70. The second-order valence-electron chi connectivity index (χ2n) is 6.79.